The molecule has 0 spiro atoms. The van der Waals surface area contributed by atoms with Gasteiger partial charge in [-0.1, -0.05) is 92.1 Å². The SMILES string of the molecule is CCCCCC=C(Cc1ccccc1)Cc1ccccc1. The van der Waals surface area contributed by atoms with Crippen LogP contribution in [-0.2, 0) is 12.8 Å². The smallest absolute Gasteiger partial charge is 0.00638 e. The Balaban J connectivity index is 2.03. The highest BCUT2D eigenvalue weighted by atomic mass is 14.1. The van der Waals surface area contributed by atoms with Crippen LogP contribution in [0, 0.1) is 0 Å². The van der Waals surface area contributed by atoms with E-state index in [2.05, 4.69) is 73.7 Å². The van der Waals surface area contributed by atoms with Gasteiger partial charge in [0, 0.05) is 0 Å². The molecule has 0 nitrogen and oxygen atoms in total. The van der Waals surface area contributed by atoms with E-state index in [0.29, 0.717) is 0 Å². The van der Waals surface area contributed by atoms with Crippen LogP contribution >= 0.6 is 0 Å². The molecule has 0 aromatic heterocycles. The average Bonchev–Trinajstić information content (AvgIpc) is 2.53. The first-order chi connectivity index (χ1) is 10.4. The molecule has 0 amide bonds. The zero-order valence-corrected chi connectivity index (χ0v) is 13.1. The molecular weight excluding hydrogens is 252 g/mol. The van der Waals surface area contributed by atoms with Gasteiger partial charge in [0.05, 0.1) is 0 Å². The van der Waals surface area contributed by atoms with Gasteiger partial charge in [0.25, 0.3) is 0 Å². The summed E-state index contributed by atoms with van der Waals surface area (Å²) >= 11 is 0. The Hall–Kier alpha value is -1.82. The van der Waals surface area contributed by atoms with E-state index >= 15 is 0 Å². The Bertz CT molecular complexity index is 479. The lowest BCUT2D eigenvalue weighted by molar-refractivity contribution is 0.725. The summed E-state index contributed by atoms with van der Waals surface area (Å²) in [6, 6.07) is 21.6. The third-order valence-corrected chi connectivity index (χ3v) is 3.79. The number of unbranched alkanes of at least 4 members (excludes halogenated alkanes) is 3. The molecule has 0 heteroatoms. The Morgan fingerprint density at radius 3 is 1.76 bits per heavy atom. The van der Waals surface area contributed by atoms with Crippen LogP contribution in [-0.4, -0.2) is 0 Å². The van der Waals surface area contributed by atoms with Crippen molar-refractivity contribution in [1.29, 1.82) is 0 Å². The largest absolute Gasteiger partial charge is 0.0847 e. The molecule has 2 aromatic carbocycles. The van der Waals surface area contributed by atoms with Crippen molar-refractivity contribution < 1.29 is 0 Å². The van der Waals surface area contributed by atoms with E-state index in [4.69, 9.17) is 0 Å². The normalized spacial score (nSPS) is 10.3. The quantitative estimate of drug-likeness (QED) is 0.411. The molecule has 0 fully saturated rings. The summed E-state index contributed by atoms with van der Waals surface area (Å²) in [5.41, 5.74) is 4.37. The van der Waals surface area contributed by atoms with Gasteiger partial charge in [0.1, 0.15) is 0 Å². The fourth-order valence-electron chi connectivity index (χ4n) is 2.62. The highest BCUT2D eigenvalue weighted by Crippen LogP contribution is 2.16. The first-order valence-corrected chi connectivity index (χ1v) is 8.14. The van der Waals surface area contributed by atoms with Gasteiger partial charge in [-0.3, -0.25) is 0 Å². The summed E-state index contributed by atoms with van der Waals surface area (Å²) in [6.45, 7) is 2.26. The van der Waals surface area contributed by atoms with Crippen molar-refractivity contribution in [3.8, 4) is 0 Å². The van der Waals surface area contributed by atoms with Gasteiger partial charge in [-0.05, 0) is 36.8 Å². The van der Waals surface area contributed by atoms with Gasteiger partial charge in [-0.25, -0.2) is 0 Å². The molecule has 0 radical (unpaired) electrons. The second kappa shape index (κ2) is 9.18. The van der Waals surface area contributed by atoms with Gasteiger partial charge in [0.2, 0.25) is 0 Å². The molecule has 2 aromatic rings. The molecule has 21 heavy (non-hydrogen) atoms. The zero-order chi connectivity index (χ0) is 14.8. The van der Waals surface area contributed by atoms with Crippen LogP contribution in [0.3, 0.4) is 0 Å². The maximum Gasteiger partial charge on any atom is -0.00638 e. The molecule has 0 bridgehead atoms. The van der Waals surface area contributed by atoms with Crippen LogP contribution in [0.4, 0.5) is 0 Å². The summed E-state index contributed by atoms with van der Waals surface area (Å²) in [6.07, 6.45) is 9.76. The van der Waals surface area contributed by atoms with Crippen molar-refractivity contribution in [2.24, 2.45) is 0 Å². The maximum absolute atomic E-state index is 2.47. The Morgan fingerprint density at radius 2 is 1.29 bits per heavy atom. The van der Waals surface area contributed by atoms with Crippen LogP contribution in [0.1, 0.15) is 43.7 Å². The fraction of sp³-hybridized carbons (Fsp3) is 0.333. The maximum atomic E-state index is 2.47. The van der Waals surface area contributed by atoms with E-state index < -0.39 is 0 Å². The molecule has 2 rings (SSSR count). The first-order valence-electron chi connectivity index (χ1n) is 8.14. The van der Waals surface area contributed by atoms with Gasteiger partial charge in [-0.15, -0.1) is 0 Å². The highest BCUT2D eigenvalue weighted by Gasteiger charge is 2.02. The van der Waals surface area contributed by atoms with Crippen LogP contribution in [0.5, 0.6) is 0 Å². The fourth-order valence-corrected chi connectivity index (χ4v) is 2.62. The van der Waals surface area contributed by atoms with Gasteiger partial charge in [-0.2, -0.15) is 0 Å². The molecule has 0 aliphatic carbocycles. The summed E-state index contributed by atoms with van der Waals surface area (Å²) in [4.78, 5) is 0. The van der Waals surface area contributed by atoms with Crippen molar-refractivity contribution in [1.82, 2.24) is 0 Å². The van der Waals surface area contributed by atoms with E-state index in [1.54, 1.807) is 5.57 Å². The number of allylic oxidation sites excluding steroid dienone is 2. The van der Waals surface area contributed by atoms with Gasteiger partial charge in [0.15, 0.2) is 0 Å². The number of benzene rings is 2. The van der Waals surface area contributed by atoms with Crippen LogP contribution < -0.4 is 0 Å². The molecule has 0 saturated heterocycles. The zero-order valence-electron chi connectivity index (χ0n) is 13.1. The third kappa shape index (κ3) is 5.99. The lowest BCUT2D eigenvalue weighted by atomic mass is 9.97. The Kier molecular flexibility index (Phi) is 6.80. The second-order valence-corrected chi connectivity index (χ2v) is 5.68. The van der Waals surface area contributed by atoms with Crippen molar-refractivity contribution >= 4 is 0 Å². The molecule has 0 aliphatic rings. The second-order valence-electron chi connectivity index (χ2n) is 5.68. The van der Waals surface area contributed by atoms with Crippen molar-refractivity contribution in [3.05, 3.63) is 83.4 Å². The molecule has 110 valence electrons. The summed E-state index contributed by atoms with van der Waals surface area (Å²) in [5.74, 6) is 0. The van der Waals surface area contributed by atoms with Crippen molar-refractivity contribution in [3.63, 3.8) is 0 Å². The molecule has 0 aliphatic heterocycles. The Morgan fingerprint density at radius 1 is 0.762 bits per heavy atom. The Labute approximate surface area is 129 Å². The summed E-state index contributed by atoms with van der Waals surface area (Å²) in [7, 11) is 0. The van der Waals surface area contributed by atoms with Crippen LogP contribution in [0.2, 0.25) is 0 Å². The molecule has 0 unspecified atom stereocenters. The lowest BCUT2D eigenvalue weighted by Crippen LogP contribution is -1.96. The van der Waals surface area contributed by atoms with E-state index in [-0.39, 0.29) is 0 Å². The molecular formula is C21H26. The predicted molar refractivity (Wildman–Crippen MR) is 92.5 cm³/mol. The standard InChI is InChI=1S/C21H26/c1-2-3-4-7-16-21(17-19-12-8-5-9-13-19)18-20-14-10-6-11-15-20/h5-6,8-16H,2-4,7,17-18H2,1H3. The molecule has 0 atom stereocenters. The van der Waals surface area contributed by atoms with Crippen LogP contribution in [0.15, 0.2) is 72.3 Å². The minimum Gasteiger partial charge on any atom is -0.0847 e. The van der Waals surface area contributed by atoms with Gasteiger partial charge >= 0.3 is 0 Å². The average molecular weight is 278 g/mol. The van der Waals surface area contributed by atoms with E-state index in [1.807, 2.05) is 0 Å². The van der Waals surface area contributed by atoms with Crippen LogP contribution in [0.25, 0.3) is 0 Å². The third-order valence-electron chi connectivity index (χ3n) is 3.79. The van der Waals surface area contributed by atoms with E-state index in [9.17, 15) is 0 Å². The summed E-state index contributed by atoms with van der Waals surface area (Å²) in [5, 5.41) is 0. The number of hydrogen-bond donors (Lipinski definition) is 0. The minimum atomic E-state index is 1.07. The molecule has 0 heterocycles. The van der Waals surface area contributed by atoms with E-state index in [0.717, 1.165) is 12.8 Å². The molecule has 0 N–H and O–H groups in total. The first kappa shape index (κ1) is 15.6. The molecule has 0 saturated carbocycles. The minimum absolute atomic E-state index is 1.07. The lowest BCUT2D eigenvalue weighted by Gasteiger charge is -2.09. The summed E-state index contributed by atoms with van der Waals surface area (Å²) < 4.78 is 0. The number of hydrogen-bond acceptors (Lipinski definition) is 0. The van der Waals surface area contributed by atoms with Gasteiger partial charge < -0.3 is 0 Å². The topological polar surface area (TPSA) is 0 Å². The van der Waals surface area contributed by atoms with E-state index in [1.165, 1.54) is 36.8 Å². The number of rotatable bonds is 8. The van der Waals surface area contributed by atoms with Crippen molar-refractivity contribution in [2.75, 3.05) is 0 Å². The monoisotopic (exact) mass is 278 g/mol. The van der Waals surface area contributed by atoms with Crippen molar-refractivity contribution in [2.45, 2.75) is 45.4 Å². The highest BCUT2D eigenvalue weighted by molar-refractivity contribution is 5.27. The predicted octanol–water partition coefficient (Wildman–Crippen LogP) is 5.98.